The summed E-state index contributed by atoms with van der Waals surface area (Å²) in [4.78, 5) is 21.8. The second-order valence-electron chi connectivity index (χ2n) is 4.32. The first kappa shape index (κ1) is 12.7. The van der Waals surface area contributed by atoms with Crippen LogP contribution in [0.15, 0.2) is 30.3 Å². The minimum absolute atomic E-state index is 0.0997. The van der Waals surface area contributed by atoms with Gasteiger partial charge in [0.2, 0.25) is 6.23 Å². The van der Waals surface area contributed by atoms with Crippen LogP contribution in [0.25, 0.3) is 0 Å². The summed E-state index contributed by atoms with van der Waals surface area (Å²) in [5.41, 5.74) is 0.695. The van der Waals surface area contributed by atoms with Crippen molar-refractivity contribution in [3.63, 3.8) is 0 Å². The van der Waals surface area contributed by atoms with E-state index in [1.54, 1.807) is 12.1 Å². The molecule has 1 atom stereocenters. The average Bonchev–Trinajstić information content (AvgIpc) is 2.78. The van der Waals surface area contributed by atoms with Gasteiger partial charge in [-0.2, -0.15) is 0 Å². The van der Waals surface area contributed by atoms with Gasteiger partial charge in [-0.1, -0.05) is 12.1 Å². The van der Waals surface area contributed by atoms with Crippen molar-refractivity contribution in [3.05, 3.63) is 63.7 Å². The Hall–Kier alpha value is -3.27. The molecule has 0 saturated heterocycles. The van der Waals surface area contributed by atoms with Crippen LogP contribution < -0.4 is 5.32 Å². The van der Waals surface area contributed by atoms with Crippen molar-refractivity contribution in [2.45, 2.75) is 6.23 Å². The number of nitrogens with one attached hydrogen (secondary N) is 1. The Kier molecular flexibility index (Phi) is 2.84. The molecule has 1 aliphatic rings. The smallest absolute Gasteiger partial charge is 0.349 e. The van der Waals surface area contributed by atoms with E-state index in [0.717, 1.165) is 0 Å². The normalized spacial score (nSPS) is 15.8. The second kappa shape index (κ2) is 4.68. The van der Waals surface area contributed by atoms with E-state index in [0.29, 0.717) is 5.56 Å². The molecule has 1 aliphatic heterocycles. The lowest BCUT2D eigenvalue weighted by Crippen LogP contribution is -2.10. The fraction of sp³-hybridized carbons (Fsp3) is 0.0714. The number of benzene rings is 1. The van der Waals surface area contributed by atoms with Crippen LogP contribution in [0.3, 0.4) is 0 Å². The number of hydrogen-bond donors (Lipinski definition) is 2. The first-order chi connectivity index (χ1) is 10.1. The van der Waals surface area contributed by atoms with Gasteiger partial charge in [-0.25, -0.2) is 4.79 Å². The van der Waals surface area contributed by atoms with Gasteiger partial charge in [0.05, 0.1) is 10.6 Å². The van der Waals surface area contributed by atoms with Crippen molar-refractivity contribution >= 4 is 17.3 Å². The van der Waals surface area contributed by atoms with Crippen LogP contribution in [-0.2, 0) is 4.74 Å². The molecule has 0 aromatic heterocycles. The molecule has 7 heteroatoms. The Labute approximate surface area is 118 Å². The Morgan fingerprint density at radius 2 is 2.19 bits per heavy atom. The maximum absolute atomic E-state index is 11.6. The molecule has 104 valence electrons. The number of nitro groups is 1. The van der Waals surface area contributed by atoms with E-state index in [-0.39, 0.29) is 22.7 Å². The summed E-state index contributed by atoms with van der Waals surface area (Å²) < 4.78 is 5.11. The highest BCUT2D eigenvalue weighted by atomic mass is 16.6. The van der Waals surface area contributed by atoms with Crippen molar-refractivity contribution in [2.24, 2.45) is 0 Å². The standard InChI is InChI=1S/C14H8N2O5/c17-12-6-5-8(16(19)20)7-11(12)15-13-9-3-1-2-4-10(9)14(18)21-13/h1,3,5-7,13,15,17H. The molecule has 21 heavy (non-hydrogen) atoms. The number of non-ortho nitro benzene ring substituents is 1. The molecule has 0 saturated carbocycles. The minimum atomic E-state index is -0.841. The Morgan fingerprint density at radius 1 is 1.38 bits per heavy atom. The Bertz CT molecular complexity index is 744. The number of phenolic OH excluding ortho intramolecular Hbond substituents is 1. The van der Waals surface area contributed by atoms with Gasteiger partial charge in [0, 0.05) is 17.7 Å². The van der Waals surface area contributed by atoms with Crippen LogP contribution in [-0.4, -0.2) is 16.0 Å². The molecule has 0 spiro atoms. The zero-order valence-corrected chi connectivity index (χ0v) is 10.5. The highest BCUT2D eigenvalue weighted by Crippen LogP contribution is 2.35. The summed E-state index contributed by atoms with van der Waals surface area (Å²) in [6, 6.07) is 12.0. The molecular formula is C14H8N2O5. The monoisotopic (exact) mass is 284 g/mol. The van der Waals surface area contributed by atoms with Crippen LogP contribution >= 0.6 is 0 Å². The summed E-state index contributed by atoms with van der Waals surface area (Å²) in [6.07, 6.45) is -0.841. The predicted octanol–water partition coefficient (Wildman–Crippen LogP) is 2.18. The number of hydrogen-bond acceptors (Lipinski definition) is 6. The number of phenols is 1. The van der Waals surface area contributed by atoms with Crippen LogP contribution in [0.4, 0.5) is 11.4 Å². The van der Waals surface area contributed by atoms with Crippen molar-refractivity contribution in [1.82, 2.24) is 0 Å². The number of nitrogens with zero attached hydrogens (tertiary/aromatic N) is 1. The number of aromatic hydroxyl groups is 1. The number of carbonyl (C=O) groups excluding carboxylic acids is 1. The summed E-state index contributed by atoms with van der Waals surface area (Å²) in [5, 5.41) is 23.3. The summed E-state index contributed by atoms with van der Waals surface area (Å²) in [7, 11) is 0. The summed E-state index contributed by atoms with van der Waals surface area (Å²) in [6.45, 7) is 0. The zero-order valence-electron chi connectivity index (χ0n) is 10.5. The molecule has 0 aliphatic carbocycles. The van der Waals surface area contributed by atoms with E-state index in [1.807, 2.05) is 0 Å². The molecule has 2 N–H and O–H groups in total. The lowest BCUT2D eigenvalue weighted by atomic mass is 10.1. The number of ether oxygens (including phenoxy) is 1. The predicted molar refractivity (Wildman–Crippen MR) is 70.7 cm³/mol. The van der Waals surface area contributed by atoms with Gasteiger partial charge >= 0.3 is 5.97 Å². The summed E-state index contributed by atoms with van der Waals surface area (Å²) >= 11 is 0. The van der Waals surface area contributed by atoms with Crippen molar-refractivity contribution in [1.29, 1.82) is 0 Å². The lowest BCUT2D eigenvalue weighted by Gasteiger charge is -2.14. The quantitative estimate of drug-likeness (QED) is 0.387. The van der Waals surface area contributed by atoms with Crippen LogP contribution in [0.2, 0.25) is 0 Å². The van der Waals surface area contributed by atoms with E-state index in [1.165, 1.54) is 18.2 Å². The number of nitro benzene ring substituents is 1. The Balaban J connectivity index is 1.93. The van der Waals surface area contributed by atoms with Crippen LogP contribution in [0, 0.1) is 22.2 Å². The third kappa shape index (κ3) is 2.19. The van der Waals surface area contributed by atoms with E-state index in [9.17, 15) is 20.0 Å². The molecule has 2 aromatic carbocycles. The number of rotatable bonds is 3. The molecule has 1 unspecified atom stereocenters. The van der Waals surface area contributed by atoms with Crippen molar-refractivity contribution < 1.29 is 19.6 Å². The molecule has 2 aromatic rings. The van der Waals surface area contributed by atoms with Crippen molar-refractivity contribution in [3.8, 4) is 5.75 Å². The van der Waals surface area contributed by atoms with Gasteiger partial charge in [-0.15, -0.1) is 0 Å². The Morgan fingerprint density at radius 3 is 2.95 bits per heavy atom. The first-order valence-corrected chi connectivity index (χ1v) is 5.93. The number of anilines is 1. The number of cyclic esters (lactones) is 1. The molecule has 1 heterocycles. The number of esters is 1. The first-order valence-electron chi connectivity index (χ1n) is 5.93. The fourth-order valence-corrected chi connectivity index (χ4v) is 2.02. The van der Waals surface area contributed by atoms with E-state index in [2.05, 4.69) is 17.4 Å². The molecule has 0 fully saturated rings. The van der Waals surface area contributed by atoms with Gasteiger partial charge < -0.3 is 15.2 Å². The molecule has 3 rings (SSSR count). The molecule has 0 bridgehead atoms. The van der Waals surface area contributed by atoms with Crippen LogP contribution in [0.1, 0.15) is 22.1 Å². The van der Waals surface area contributed by atoms with E-state index >= 15 is 0 Å². The lowest BCUT2D eigenvalue weighted by molar-refractivity contribution is -0.384. The van der Waals surface area contributed by atoms with Gasteiger partial charge in [-0.3, -0.25) is 10.1 Å². The third-order valence-corrected chi connectivity index (χ3v) is 3.02. The van der Waals surface area contributed by atoms with E-state index < -0.39 is 17.1 Å². The highest BCUT2D eigenvalue weighted by molar-refractivity contribution is 5.93. The maximum Gasteiger partial charge on any atom is 0.349 e. The largest absolute Gasteiger partial charge is 0.506 e. The van der Waals surface area contributed by atoms with Gasteiger partial charge in [0.25, 0.3) is 5.69 Å². The van der Waals surface area contributed by atoms with Gasteiger partial charge in [-0.05, 0) is 18.2 Å². The maximum atomic E-state index is 11.6. The zero-order chi connectivity index (χ0) is 15.0. The summed E-state index contributed by atoms with van der Waals surface area (Å²) in [5.74, 6) is -0.749. The molecule has 0 amide bonds. The molecule has 7 nitrogen and oxygen atoms in total. The topological polar surface area (TPSA) is 102 Å². The van der Waals surface area contributed by atoms with Gasteiger partial charge in [0.1, 0.15) is 11.3 Å². The molecule has 0 radical (unpaired) electrons. The minimum Gasteiger partial charge on any atom is -0.506 e. The van der Waals surface area contributed by atoms with E-state index in [4.69, 9.17) is 4.74 Å². The number of fused-ring (bicyclic) bond motifs is 1. The number of carbonyl (C=O) groups is 1. The fourth-order valence-electron chi connectivity index (χ4n) is 2.02. The highest BCUT2D eigenvalue weighted by Gasteiger charge is 2.31. The van der Waals surface area contributed by atoms with Gasteiger partial charge in [0.15, 0.2) is 0 Å². The van der Waals surface area contributed by atoms with Crippen LogP contribution in [0.5, 0.6) is 5.75 Å². The average molecular weight is 284 g/mol. The molecular weight excluding hydrogens is 276 g/mol. The third-order valence-electron chi connectivity index (χ3n) is 3.02. The van der Waals surface area contributed by atoms with Crippen molar-refractivity contribution in [2.75, 3.05) is 5.32 Å². The second-order valence-corrected chi connectivity index (χ2v) is 4.32. The SMILES string of the molecule is O=C1OC(Nc2cc([N+](=O)[O-])ccc2O)c2ccc#cc21.